The smallest absolute Gasteiger partial charge is 0.335 e. The van der Waals surface area contributed by atoms with Crippen LogP contribution in [0.1, 0.15) is 35.2 Å². The molecule has 1 fully saturated rings. The Hall–Kier alpha value is -1.88. The van der Waals surface area contributed by atoms with Crippen LogP contribution >= 0.6 is 0 Å². The number of nitrogens with zero attached hydrogens (tertiary/aromatic N) is 1. The Kier molecular flexibility index (Phi) is 3.92. The average Bonchev–Trinajstić information content (AvgIpc) is 2.54. The third-order valence-corrected chi connectivity index (χ3v) is 4.36. The van der Waals surface area contributed by atoms with E-state index in [1.165, 1.54) is 0 Å². The first kappa shape index (κ1) is 14.1. The Balaban J connectivity index is 1.86. The third kappa shape index (κ3) is 2.78. The number of carbonyl (C=O) groups is 2. The summed E-state index contributed by atoms with van der Waals surface area (Å²) in [5.41, 5.74) is 2.16. The highest BCUT2D eigenvalue weighted by atomic mass is 16.4. The van der Waals surface area contributed by atoms with Crippen molar-refractivity contribution in [3.63, 3.8) is 0 Å². The van der Waals surface area contributed by atoms with E-state index in [0.717, 1.165) is 56.6 Å². The van der Waals surface area contributed by atoms with Crippen molar-refractivity contribution in [1.29, 1.82) is 0 Å². The molecule has 5 heteroatoms. The van der Waals surface area contributed by atoms with Crippen LogP contribution in [-0.2, 0) is 11.2 Å². The van der Waals surface area contributed by atoms with Crippen LogP contribution in [0.15, 0.2) is 18.2 Å². The molecule has 2 aliphatic rings. The van der Waals surface area contributed by atoms with Gasteiger partial charge < -0.3 is 15.3 Å². The molecule has 21 heavy (non-hydrogen) atoms. The van der Waals surface area contributed by atoms with Crippen LogP contribution < -0.4 is 10.2 Å². The number of rotatable bonds is 2. The Morgan fingerprint density at radius 2 is 2.14 bits per heavy atom. The predicted octanol–water partition coefficient (Wildman–Crippen LogP) is 1.66. The summed E-state index contributed by atoms with van der Waals surface area (Å²) >= 11 is 0. The number of piperidine rings is 1. The lowest BCUT2D eigenvalue weighted by Gasteiger charge is -2.34. The second-order valence-corrected chi connectivity index (χ2v) is 5.79. The fraction of sp³-hybridized carbons (Fsp3) is 0.500. The first-order valence-corrected chi connectivity index (χ1v) is 7.55. The summed E-state index contributed by atoms with van der Waals surface area (Å²) in [5.74, 6) is -0.701. The van der Waals surface area contributed by atoms with Gasteiger partial charge >= 0.3 is 5.97 Å². The van der Waals surface area contributed by atoms with Crippen LogP contribution in [0.2, 0.25) is 0 Å². The maximum absolute atomic E-state index is 12.7. The van der Waals surface area contributed by atoms with E-state index in [-0.39, 0.29) is 11.8 Å². The van der Waals surface area contributed by atoms with Gasteiger partial charge in [-0.2, -0.15) is 0 Å². The summed E-state index contributed by atoms with van der Waals surface area (Å²) < 4.78 is 0. The fourth-order valence-electron chi connectivity index (χ4n) is 3.24. The van der Waals surface area contributed by atoms with Gasteiger partial charge in [0.2, 0.25) is 5.91 Å². The highest BCUT2D eigenvalue weighted by Crippen LogP contribution is 2.30. The number of carboxylic acids is 1. The van der Waals surface area contributed by atoms with Gasteiger partial charge in [0.05, 0.1) is 11.5 Å². The molecule has 1 aromatic carbocycles. The summed E-state index contributed by atoms with van der Waals surface area (Å²) in [4.78, 5) is 25.6. The summed E-state index contributed by atoms with van der Waals surface area (Å²) in [7, 11) is 0. The number of aryl methyl sites for hydroxylation is 1. The summed E-state index contributed by atoms with van der Waals surface area (Å²) in [6, 6.07) is 5.08. The lowest BCUT2D eigenvalue weighted by Crippen LogP contribution is -2.45. The number of nitrogens with one attached hydrogen (secondary N) is 1. The number of fused-ring (bicyclic) bond motifs is 1. The van der Waals surface area contributed by atoms with Crippen molar-refractivity contribution < 1.29 is 14.7 Å². The Bertz CT molecular complexity index is 565. The number of carboxylic acid groups (broad SMARTS) is 1. The maximum Gasteiger partial charge on any atom is 0.335 e. The van der Waals surface area contributed by atoms with Gasteiger partial charge in [0.25, 0.3) is 0 Å². The monoisotopic (exact) mass is 288 g/mol. The molecule has 1 atom stereocenters. The van der Waals surface area contributed by atoms with E-state index in [9.17, 15) is 9.59 Å². The molecular weight excluding hydrogens is 268 g/mol. The molecule has 0 unspecified atom stereocenters. The van der Waals surface area contributed by atoms with Crippen molar-refractivity contribution in [2.45, 2.75) is 25.7 Å². The number of hydrogen-bond acceptors (Lipinski definition) is 3. The van der Waals surface area contributed by atoms with Crippen molar-refractivity contribution in [2.75, 3.05) is 24.5 Å². The van der Waals surface area contributed by atoms with Crippen LogP contribution in [-0.4, -0.2) is 36.6 Å². The molecule has 0 aromatic heterocycles. The van der Waals surface area contributed by atoms with Crippen molar-refractivity contribution in [1.82, 2.24) is 5.32 Å². The van der Waals surface area contributed by atoms with Gasteiger partial charge in [0.15, 0.2) is 0 Å². The molecule has 2 aliphatic heterocycles. The van der Waals surface area contributed by atoms with Crippen LogP contribution in [0.5, 0.6) is 0 Å². The van der Waals surface area contributed by atoms with E-state index >= 15 is 0 Å². The van der Waals surface area contributed by atoms with Gasteiger partial charge in [0, 0.05) is 18.8 Å². The third-order valence-electron chi connectivity index (χ3n) is 4.36. The molecule has 3 rings (SSSR count). The standard InChI is InChI=1S/C16H20N2O3/c19-15(13-3-1-7-17-10-13)18-8-2-4-11-9-12(16(20)21)5-6-14(11)18/h5-6,9,13,17H,1-4,7-8,10H2,(H,20,21)/t13-/m1/s1. The zero-order valence-electron chi connectivity index (χ0n) is 12.0. The molecule has 0 saturated carbocycles. The van der Waals surface area contributed by atoms with Gasteiger partial charge in [-0.15, -0.1) is 0 Å². The highest BCUT2D eigenvalue weighted by molar-refractivity contribution is 5.97. The van der Waals surface area contributed by atoms with E-state index in [4.69, 9.17) is 5.11 Å². The largest absolute Gasteiger partial charge is 0.478 e. The van der Waals surface area contributed by atoms with Crippen molar-refractivity contribution in [2.24, 2.45) is 5.92 Å². The first-order chi connectivity index (χ1) is 10.2. The number of benzene rings is 1. The number of amides is 1. The minimum atomic E-state index is -0.919. The first-order valence-electron chi connectivity index (χ1n) is 7.55. The average molecular weight is 288 g/mol. The molecule has 0 aliphatic carbocycles. The molecule has 112 valence electrons. The highest BCUT2D eigenvalue weighted by Gasteiger charge is 2.29. The quantitative estimate of drug-likeness (QED) is 0.868. The van der Waals surface area contributed by atoms with Crippen molar-refractivity contribution in [3.8, 4) is 0 Å². The number of carbonyl (C=O) groups excluding carboxylic acids is 1. The Labute approximate surface area is 123 Å². The molecule has 0 radical (unpaired) electrons. The van der Waals surface area contributed by atoms with Crippen LogP contribution in [0.4, 0.5) is 5.69 Å². The van der Waals surface area contributed by atoms with E-state index < -0.39 is 5.97 Å². The Morgan fingerprint density at radius 1 is 1.29 bits per heavy atom. The maximum atomic E-state index is 12.7. The van der Waals surface area contributed by atoms with Crippen molar-refractivity contribution >= 4 is 17.6 Å². The molecular formula is C16H20N2O3. The second kappa shape index (κ2) is 5.85. The van der Waals surface area contributed by atoms with E-state index in [1.807, 2.05) is 4.90 Å². The van der Waals surface area contributed by atoms with Crippen LogP contribution in [0.25, 0.3) is 0 Å². The molecule has 5 nitrogen and oxygen atoms in total. The summed E-state index contributed by atoms with van der Waals surface area (Å²) in [6.45, 7) is 2.47. The zero-order valence-corrected chi connectivity index (χ0v) is 12.0. The van der Waals surface area contributed by atoms with Gasteiger partial charge in [-0.05, 0) is 56.0 Å². The van der Waals surface area contributed by atoms with Crippen LogP contribution in [0, 0.1) is 5.92 Å². The van der Waals surface area contributed by atoms with E-state index in [0.29, 0.717) is 5.56 Å². The van der Waals surface area contributed by atoms with Gasteiger partial charge in [-0.1, -0.05) is 0 Å². The number of anilines is 1. The summed E-state index contributed by atoms with van der Waals surface area (Å²) in [6.07, 6.45) is 3.70. The van der Waals surface area contributed by atoms with E-state index in [2.05, 4.69) is 5.32 Å². The zero-order chi connectivity index (χ0) is 14.8. The minimum Gasteiger partial charge on any atom is -0.478 e. The fourth-order valence-corrected chi connectivity index (χ4v) is 3.24. The minimum absolute atomic E-state index is 0.0452. The number of aromatic carboxylic acids is 1. The molecule has 0 spiro atoms. The molecule has 0 bridgehead atoms. The number of hydrogen-bond donors (Lipinski definition) is 2. The van der Waals surface area contributed by atoms with Crippen molar-refractivity contribution in [3.05, 3.63) is 29.3 Å². The lowest BCUT2D eigenvalue weighted by molar-refractivity contribution is -0.122. The molecule has 2 heterocycles. The van der Waals surface area contributed by atoms with Gasteiger partial charge in [-0.3, -0.25) is 4.79 Å². The SMILES string of the molecule is O=C(O)c1ccc2c(c1)CCCN2C(=O)[C@@H]1CCCNC1. The molecule has 1 aromatic rings. The predicted molar refractivity (Wildman–Crippen MR) is 79.7 cm³/mol. The molecule has 1 saturated heterocycles. The van der Waals surface area contributed by atoms with Gasteiger partial charge in [-0.25, -0.2) is 4.79 Å². The van der Waals surface area contributed by atoms with E-state index in [1.54, 1.807) is 18.2 Å². The van der Waals surface area contributed by atoms with Crippen LogP contribution in [0.3, 0.4) is 0 Å². The lowest BCUT2D eigenvalue weighted by atomic mass is 9.94. The topological polar surface area (TPSA) is 69.6 Å². The summed E-state index contributed by atoms with van der Waals surface area (Å²) in [5, 5.41) is 12.4. The molecule has 2 N–H and O–H groups in total. The molecule has 1 amide bonds. The second-order valence-electron chi connectivity index (χ2n) is 5.79. The normalized spacial score (nSPS) is 21.7. The Morgan fingerprint density at radius 3 is 2.86 bits per heavy atom. The van der Waals surface area contributed by atoms with Gasteiger partial charge in [0.1, 0.15) is 0 Å².